The number of hydrogen-bond acceptors (Lipinski definition) is 5. The Balaban J connectivity index is 1.56. The molecule has 128 valence electrons. The van der Waals surface area contributed by atoms with Gasteiger partial charge in [-0.15, -0.1) is 0 Å². The van der Waals surface area contributed by atoms with Crippen molar-refractivity contribution in [2.75, 3.05) is 13.7 Å². The van der Waals surface area contributed by atoms with Gasteiger partial charge in [-0.05, 0) is 55.2 Å². The standard InChI is InChI=1S/C20H20N2O3/c1-14-10-15(13-21-12-14)4-3-9-25-20(23)19-7-5-16-11-17(24-2)6-8-18(16)22-19/h5-8,10-13H,3-4,9H2,1-2H3. The third-order valence-corrected chi connectivity index (χ3v) is 3.88. The van der Waals surface area contributed by atoms with Gasteiger partial charge in [0, 0.05) is 17.8 Å². The monoisotopic (exact) mass is 336 g/mol. The lowest BCUT2D eigenvalue weighted by molar-refractivity contribution is 0.0494. The SMILES string of the molecule is COc1ccc2nc(C(=O)OCCCc3cncc(C)c3)ccc2c1. The van der Waals surface area contributed by atoms with E-state index >= 15 is 0 Å². The number of carbonyl (C=O) groups is 1. The lowest BCUT2D eigenvalue weighted by Gasteiger charge is -2.06. The van der Waals surface area contributed by atoms with Crippen LogP contribution in [-0.2, 0) is 11.2 Å². The molecule has 0 spiro atoms. The van der Waals surface area contributed by atoms with Gasteiger partial charge in [-0.3, -0.25) is 4.98 Å². The Morgan fingerprint density at radius 3 is 2.80 bits per heavy atom. The fourth-order valence-electron chi connectivity index (χ4n) is 2.61. The van der Waals surface area contributed by atoms with Gasteiger partial charge in [-0.25, -0.2) is 9.78 Å². The van der Waals surface area contributed by atoms with E-state index in [1.807, 2.05) is 43.6 Å². The molecule has 2 aromatic heterocycles. The van der Waals surface area contributed by atoms with E-state index in [-0.39, 0.29) is 0 Å². The highest BCUT2D eigenvalue weighted by Crippen LogP contribution is 2.19. The summed E-state index contributed by atoms with van der Waals surface area (Å²) in [6, 6.07) is 11.1. The Labute approximate surface area is 146 Å². The molecule has 2 heterocycles. The first-order valence-corrected chi connectivity index (χ1v) is 8.18. The first-order valence-electron chi connectivity index (χ1n) is 8.18. The maximum absolute atomic E-state index is 12.2. The Kier molecular flexibility index (Phi) is 5.23. The quantitative estimate of drug-likeness (QED) is 0.507. The smallest absolute Gasteiger partial charge is 0.356 e. The fourth-order valence-corrected chi connectivity index (χ4v) is 2.61. The zero-order valence-electron chi connectivity index (χ0n) is 14.4. The van der Waals surface area contributed by atoms with Gasteiger partial charge < -0.3 is 9.47 Å². The summed E-state index contributed by atoms with van der Waals surface area (Å²) in [4.78, 5) is 20.7. The third kappa shape index (κ3) is 4.32. The van der Waals surface area contributed by atoms with Gasteiger partial charge in [0.1, 0.15) is 11.4 Å². The van der Waals surface area contributed by atoms with Crippen molar-refractivity contribution in [1.29, 1.82) is 0 Å². The van der Waals surface area contributed by atoms with Crippen molar-refractivity contribution in [2.24, 2.45) is 0 Å². The second-order valence-electron chi connectivity index (χ2n) is 5.87. The second-order valence-corrected chi connectivity index (χ2v) is 5.87. The number of fused-ring (bicyclic) bond motifs is 1. The van der Waals surface area contributed by atoms with Crippen LogP contribution >= 0.6 is 0 Å². The fraction of sp³-hybridized carbons (Fsp3) is 0.250. The summed E-state index contributed by atoms with van der Waals surface area (Å²) in [5.41, 5.74) is 3.33. The molecule has 0 aliphatic rings. The molecule has 0 fully saturated rings. The molecular weight excluding hydrogens is 316 g/mol. The Morgan fingerprint density at radius 2 is 2.00 bits per heavy atom. The Morgan fingerprint density at radius 1 is 1.12 bits per heavy atom. The molecular formula is C20H20N2O3. The highest BCUT2D eigenvalue weighted by atomic mass is 16.5. The molecule has 0 aliphatic carbocycles. The number of pyridine rings is 2. The van der Waals surface area contributed by atoms with E-state index in [0.717, 1.165) is 40.6 Å². The van der Waals surface area contributed by atoms with Gasteiger partial charge in [0.2, 0.25) is 0 Å². The van der Waals surface area contributed by atoms with Crippen molar-refractivity contribution < 1.29 is 14.3 Å². The summed E-state index contributed by atoms with van der Waals surface area (Å²) in [7, 11) is 1.62. The summed E-state index contributed by atoms with van der Waals surface area (Å²) in [6.45, 7) is 2.37. The Bertz CT molecular complexity index is 893. The predicted molar refractivity (Wildman–Crippen MR) is 95.9 cm³/mol. The molecule has 5 nitrogen and oxygen atoms in total. The van der Waals surface area contributed by atoms with Gasteiger partial charge in [-0.2, -0.15) is 0 Å². The number of carbonyl (C=O) groups excluding carboxylic acids is 1. The van der Waals surface area contributed by atoms with E-state index < -0.39 is 5.97 Å². The van der Waals surface area contributed by atoms with Gasteiger partial charge >= 0.3 is 5.97 Å². The van der Waals surface area contributed by atoms with Gasteiger partial charge in [-0.1, -0.05) is 12.1 Å². The van der Waals surface area contributed by atoms with Crippen LogP contribution in [0.15, 0.2) is 48.8 Å². The van der Waals surface area contributed by atoms with Gasteiger partial charge in [0.25, 0.3) is 0 Å². The van der Waals surface area contributed by atoms with E-state index in [0.29, 0.717) is 12.3 Å². The number of benzene rings is 1. The van der Waals surface area contributed by atoms with Crippen molar-refractivity contribution in [2.45, 2.75) is 19.8 Å². The molecule has 25 heavy (non-hydrogen) atoms. The molecule has 0 aliphatic heterocycles. The summed E-state index contributed by atoms with van der Waals surface area (Å²) >= 11 is 0. The van der Waals surface area contributed by atoms with Crippen LogP contribution in [0.4, 0.5) is 0 Å². The molecule has 0 unspecified atom stereocenters. The van der Waals surface area contributed by atoms with Crippen molar-refractivity contribution in [3.8, 4) is 5.75 Å². The number of aromatic nitrogens is 2. The topological polar surface area (TPSA) is 61.3 Å². The van der Waals surface area contributed by atoms with E-state index in [1.54, 1.807) is 13.2 Å². The molecule has 3 aromatic rings. The van der Waals surface area contributed by atoms with Gasteiger partial charge in [0.05, 0.1) is 19.2 Å². The predicted octanol–water partition coefficient (Wildman–Crippen LogP) is 3.74. The lowest BCUT2D eigenvalue weighted by Crippen LogP contribution is -2.09. The summed E-state index contributed by atoms with van der Waals surface area (Å²) < 4.78 is 10.5. The number of esters is 1. The molecule has 0 saturated carbocycles. The Hall–Kier alpha value is -2.95. The van der Waals surface area contributed by atoms with Crippen LogP contribution in [0.2, 0.25) is 0 Å². The maximum Gasteiger partial charge on any atom is 0.356 e. The maximum atomic E-state index is 12.2. The highest BCUT2D eigenvalue weighted by Gasteiger charge is 2.10. The van der Waals surface area contributed by atoms with Crippen LogP contribution in [-0.4, -0.2) is 29.7 Å². The third-order valence-electron chi connectivity index (χ3n) is 3.88. The van der Waals surface area contributed by atoms with E-state index in [9.17, 15) is 4.79 Å². The molecule has 0 amide bonds. The summed E-state index contributed by atoms with van der Waals surface area (Å²) in [6.07, 6.45) is 5.24. The van der Waals surface area contributed by atoms with Crippen molar-refractivity contribution in [3.05, 3.63) is 65.6 Å². The first-order chi connectivity index (χ1) is 12.2. The number of ether oxygens (including phenoxy) is 2. The van der Waals surface area contributed by atoms with Crippen LogP contribution in [0, 0.1) is 6.92 Å². The number of aryl methyl sites for hydroxylation is 2. The summed E-state index contributed by atoms with van der Waals surface area (Å²) in [5, 5.41) is 0.919. The van der Waals surface area contributed by atoms with E-state index in [4.69, 9.17) is 9.47 Å². The molecule has 1 aromatic carbocycles. The van der Waals surface area contributed by atoms with Crippen molar-refractivity contribution in [1.82, 2.24) is 9.97 Å². The summed E-state index contributed by atoms with van der Waals surface area (Å²) in [5.74, 6) is 0.357. The molecule has 0 bridgehead atoms. The average molecular weight is 336 g/mol. The number of hydrogen-bond donors (Lipinski definition) is 0. The van der Waals surface area contributed by atoms with E-state index in [1.165, 1.54) is 0 Å². The molecule has 0 N–H and O–H groups in total. The minimum absolute atomic E-state index is 0.315. The molecule has 0 radical (unpaired) electrons. The minimum atomic E-state index is -0.403. The highest BCUT2D eigenvalue weighted by molar-refractivity contribution is 5.91. The van der Waals surface area contributed by atoms with Crippen molar-refractivity contribution in [3.63, 3.8) is 0 Å². The van der Waals surface area contributed by atoms with Crippen LogP contribution in [0.25, 0.3) is 10.9 Å². The number of methoxy groups -OCH3 is 1. The largest absolute Gasteiger partial charge is 0.497 e. The molecule has 5 heteroatoms. The molecule has 3 rings (SSSR count). The van der Waals surface area contributed by atoms with Crippen molar-refractivity contribution >= 4 is 16.9 Å². The zero-order chi connectivity index (χ0) is 17.6. The van der Waals surface area contributed by atoms with Crippen LogP contribution in [0.3, 0.4) is 0 Å². The van der Waals surface area contributed by atoms with E-state index in [2.05, 4.69) is 16.0 Å². The van der Waals surface area contributed by atoms with Crippen LogP contribution < -0.4 is 4.74 Å². The minimum Gasteiger partial charge on any atom is -0.497 e. The average Bonchev–Trinajstić information content (AvgIpc) is 2.64. The van der Waals surface area contributed by atoms with Crippen LogP contribution in [0.1, 0.15) is 28.0 Å². The normalized spacial score (nSPS) is 10.6. The van der Waals surface area contributed by atoms with Crippen LogP contribution in [0.5, 0.6) is 5.75 Å². The van der Waals surface area contributed by atoms with Gasteiger partial charge in [0.15, 0.2) is 0 Å². The lowest BCUT2D eigenvalue weighted by atomic mass is 10.1. The zero-order valence-corrected chi connectivity index (χ0v) is 14.4. The number of nitrogens with zero attached hydrogens (tertiary/aromatic N) is 2. The first kappa shape index (κ1) is 16.9. The number of rotatable bonds is 6. The molecule has 0 saturated heterocycles. The second kappa shape index (κ2) is 7.75. The molecule has 0 atom stereocenters.